The zero-order valence-electron chi connectivity index (χ0n) is 15.3. The number of primary amides is 1. The maximum absolute atomic E-state index is 14.3. The quantitative estimate of drug-likeness (QED) is 0.686. The minimum atomic E-state index is -0.444. The Bertz CT molecular complexity index is 900. The monoisotopic (exact) mass is 367 g/mol. The lowest BCUT2D eigenvalue weighted by molar-refractivity contribution is -0.118. The topological polar surface area (TPSA) is 84.2 Å². The van der Waals surface area contributed by atoms with Gasteiger partial charge in [-0.15, -0.1) is 0 Å². The van der Waals surface area contributed by atoms with Crippen molar-refractivity contribution < 1.29 is 14.0 Å². The average molecular weight is 367 g/mol. The molecule has 0 radical (unpaired) electrons. The van der Waals surface area contributed by atoms with E-state index in [1.165, 1.54) is 13.1 Å². The van der Waals surface area contributed by atoms with Gasteiger partial charge in [-0.25, -0.2) is 4.39 Å². The van der Waals surface area contributed by atoms with E-state index >= 15 is 0 Å². The molecule has 0 aromatic heterocycles. The van der Waals surface area contributed by atoms with Crippen molar-refractivity contribution in [3.8, 4) is 11.8 Å². The Hall–Kier alpha value is -3.33. The number of anilines is 1. The zero-order valence-corrected chi connectivity index (χ0v) is 15.3. The Morgan fingerprint density at radius 3 is 2.63 bits per heavy atom. The number of carbonyl (C=O) groups excluding carboxylic acids is 2. The number of nitrogens with two attached hydrogens (primary N) is 1. The molecule has 2 amide bonds. The first-order valence-corrected chi connectivity index (χ1v) is 8.54. The van der Waals surface area contributed by atoms with Crippen LogP contribution in [0, 0.1) is 24.6 Å². The Morgan fingerprint density at radius 1 is 1.22 bits per heavy atom. The third kappa shape index (κ3) is 5.86. The Labute approximate surface area is 158 Å². The van der Waals surface area contributed by atoms with Crippen LogP contribution < -0.4 is 16.4 Å². The van der Waals surface area contributed by atoms with Crippen LogP contribution in [0.15, 0.2) is 42.5 Å². The van der Waals surface area contributed by atoms with Crippen LogP contribution in [0.25, 0.3) is 0 Å². The standard InChI is InChI=1S/C21H22FN3O2/c1-14-7-8-15(9-12-21(27)24-2)13-19(14)25-18(10-11-20(23)26)16-5-3-4-6-17(16)22/h3-8,13,18,25H,10-11H2,1-2H3,(H2,23,26)(H,24,27)/t18-/m1/s1. The number of halogens is 1. The predicted molar refractivity (Wildman–Crippen MR) is 103 cm³/mol. The summed E-state index contributed by atoms with van der Waals surface area (Å²) in [6.45, 7) is 1.91. The molecule has 0 aliphatic rings. The minimum absolute atomic E-state index is 0.126. The molecule has 0 bridgehead atoms. The molecule has 0 heterocycles. The van der Waals surface area contributed by atoms with E-state index in [1.54, 1.807) is 30.3 Å². The highest BCUT2D eigenvalue weighted by Gasteiger charge is 2.17. The van der Waals surface area contributed by atoms with E-state index in [9.17, 15) is 14.0 Å². The lowest BCUT2D eigenvalue weighted by Crippen LogP contribution is -2.18. The van der Waals surface area contributed by atoms with Crippen LogP contribution in [0.1, 0.15) is 35.6 Å². The number of benzene rings is 2. The van der Waals surface area contributed by atoms with Crippen molar-refractivity contribution >= 4 is 17.5 Å². The summed E-state index contributed by atoms with van der Waals surface area (Å²) in [7, 11) is 1.51. The van der Waals surface area contributed by atoms with Crippen molar-refractivity contribution in [1.29, 1.82) is 0 Å². The third-order valence-electron chi connectivity index (χ3n) is 4.07. The zero-order chi connectivity index (χ0) is 19.8. The molecule has 2 rings (SSSR count). The second-order valence-electron chi connectivity index (χ2n) is 6.08. The molecule has 0 saturated carbocycles. The number of aryl methyl sites for hydroxylation is 1. The van der Waals surface area contributed by atoms with Gasteiger partial charge in [-0.2, -0.15) is 0 Å². The molecular weight excluding hydrogens is 345 g/mol. The SMILES string of the molecule is CNC(=O)C#Cc1ccc(C)c(N[C@H](CCC(N)=O)c2ccccc2F)c1. The molecule has 5 nitrogen and oxygen atoms in total. The number of rotatable bonds is 6. The molecule has 0 aliphatic carbocycles. The third-order valence-corrected chi connectivity index (χ3v) is 4.07. The summed E-state index contributed by atoms with van der Waals surface area (Å²) < 4.78 is 14.3. The molecule has 0 aliphatic heterocycles. The highest BCUT2D eigenvalue weighted by atomic mass is 19.1. The fourth-order valence-corrected chi connectivity index (χ4v) is 2.58. The summed E-state index contributed by atoms with van der Waals surface area (Å²) in [5, 5.41) is 5.72. The predicted octanol–water partition coefficient (Wildman–Crippen LogP) is 2.65. The van der Waals surface area contributed by atoms with Crippen LogP contribution in [0.5, 0.6) is 0 Å². The summed E-state index contributed by atoms with van der Waals surface area (Å²) in [4.78, 5) is 22.5. The highest BCUT2D eigenvalue weighted by molar-refractivity contribution is 5.93. The summed E-state index contributed by atoms with van der Waals surface area (Å²) >= 11 is 0. The van der Waals surface area contributed by atoms with Crippen molar-refractivity contribution in [2.24, 2.45) is 5.73 Å². The van der Waals surface area contributed by atoms with E-state index in [-0.39, 0.29) is 18.1 Å². The Kier molecular flexibility index (Phi) is 6.95. The van der Waals surface area contributed by atoms with Gasteiger partial charge in [0.05, 0.1) is 6.04 Å². The van der Waals surface area contributed by atoms with E-state index < -0.39 is 11.9 Å². The number of hydrogen-bond donors (Lipinski definition) is 3. The molecule has 0 spiro atoms. The Balaban J connectivity index is 2.33. The van der Waals surface area contributed by atoms with Gasteiger partial charge in [-0.05, 0) is 37.1 Å². The molecule has 0 saturated heterocycles. The van der Waals surface area contributed by atoms with Gasteiger partial charge in [0, 0.05) is 36.2 Å². The highest BCUT2D eigenvalue weighted by Crippen LogP contribution is 2.28. The average Bonchev–Trinajstić information content (AvgIpc) is 2.65. The molecule has 0 unspecified atom stereocenters. The summed E-state index contributed by atoms with van der Waals surface area (Å²) in [5.41, 5.74) is 8.05. The molecule has 2 aromatic carbocycles. The van der Waals surface area contributed by atoms with E-state index in [0.717, 1.165) is 11.3 Å². The van der Waals surface area contributed by atoms with Crippen molar-refractivity contribution in [2.75, 3.05) is 12.4 Å². The molecule has 140 valence electrons. The van der Waals surface area contributed by atoms with E-state index in [0.29, 0.717) is 17.5 Å². The number of carbonyl (C=O) groups is 2. The molecule has 4 N–H and O–H groups in total. The van der Waals surface area contributed by atoms with E-state index in [4.69, 9.17) is 5.73 Å². The molecule has 1 atom stereocenters. The number of amides is 2. The van der Waals surface area contributed by atoms with Gasteiger partial charge in [-0.3, -0.25) is 9.59 Å². The van der Waals surface area contributed by atoms with Crippen LogP contribution in [0.4, 0.5) is 10.1 Å². The van der Waals surface area contributed by atoms with E-state index in [2.05, 4.69) is 22.5 Å². The van der Waals surface area contributed by atoms with Crippen LogP contribution in [-0.2, 0) is 9.59 Å². The Morgan fingerprint density at radius 2 is 1.96 bits per heavy atom. The smallest absolute Gasteiger partial charge is 0.295 e. The first-order chi connectivity index (χ1) is 12.9. The van der Waals surface area contributed by atoms with Gasteiger partial charge in [-0.1, -0.05) is 30.2 Å². The minimum Gasteiger partial charge on any atom is -0.378 e. The normalized spacial score (nSPS) is 11.1. The molecule has 6 heteroatoms. The maximum atomic E-state index is 14.3. The summed E-state index contributed by atoms with van der Waals surface area (Å²) in [6, 6.07) is 11.5. The fourth-order valence-electron chi connectivity index (χ4n) is 2.58. The molecular formula is C21H22FN3O2. The maximum Gasteiger partial charge on any atom is 0.295 e. The van der Waals surface area contributed by atoms with Gasteiger partial charge < -0.3 is 16.4 Å². The molecule has 27 heavy (non-hydrogen) atoms. The van der Waals surface area contributed by atoms with Crippen LogP contribution in [0.2, 0.25) is 0 Å². The van der Waals surface area contributed by atoms with Crippen molar-refractivity contribution in [1.82, 2.24) is 5.32 Å². The van der Waals surface area contributed by atoms with Crippen molar-refractivity contribution in [3.63, 3.8) is 0 Å². The van der Waals surface area contributed by atoms with Crippen LogP contribution in [-0.4, -0.2) is 18.9 Å². The number of hydrogen-bond acceptors (Lipinski definition) is 3. The largest absolute Gasteiger partial charge is 0.378 e. The summed E-state index contributed by atoms with van der Waals surface area (Å²) in [5.74, 6) is 4.09. The molecule has 0 fully saturated rings. The van der Waals surface area contributed by atoms with Crippen molar-refractivity contribution in [2.45, 2.75) is 25.8 Å². The van der Waals surface area contributed by atoms with Crippen LogP contribution in [0.3, 0.4) is 0 Å². The van der Waals surface area contributed by atoms with Crippen molar-refractivity contribution in [3.05, 3.63) is 65.0 Å². The first-order valence-electron chi connectivity index (χ1n) is 8.54. The first kappa shape index (κ1) is 20.0. The lowest BCUT2D eigenvalue weighted by atomic mass is 9.99. The van der Waals surface area contributed by atoms with Gasteiger partial charge >= 0.3 is 0 Å². The molecule has 2 aromatic rings. The fraction of sp³-hybridized carbons (Fsp3) is 0.238. The van der Waals surface area contributed by atoms with Gasteiger partial charge in [0.25, 0.3) is 5.91 Å². The lowest BCUT2D eigenvalue weighted by Gasteiger charge is -2.22. The van der Waals surface area contributed by atoms with E-state index in [1.807, 2.05) is 13.0 Å². The second-order valence-corrected chi connectivity index (χ2v) is 6.08. The van der Waals surface area contributed by atoms with Gasteiger partial charge in [0.15, 0.2) is 0 Å². The van der Waals surface area contributed by atoms with Gasteiger partial charge in [0.2, 0.25) is 5.91 Å². The van der Waals surface area contributed by atoms with Gasteiger partial charge in [0.1, 0.15) is 5.82 Å². The summed E-state index contributed by atoms with van der Waals surface area (Å²) in [6.07, 6.45) is 0.477. The number of nitrogens with one attached hydrogen (secondary N) is 2. The van der Waals surface area contributed by atoms with Crippen LogP contribution >= 0.6 is 0 Å². The second kappa shape index (κ2) is 9.39.